The van der Waals surface area contributed by atoms with E-state index < -0.39 is 5.60 Å². The van der Waals surface area contributed by atoms with Crippen molar-refractivity contribution in [3.63, 3.8) is 0 Å². The topological polar surface area (TPSA) is 47.6 Å². The van der Waals surface area contributed by atoms with Crippen LogP contribution in [0.5, 0.6) is 5.75 Å². The molecule has 1 aromatic carbocycles. The first-order chi connectivity index (χ1) is 11.0. The third-order valence-corrected chi connectivity index (χ3v) is 4.91. The van der Waals surface area contributed by atoms with Crippen LogP contribution >= 0.6 is 0 Å². The molecule has 0 heterocycles. The highest BCUT2D eigenvalue weighted by Crippen LogP contribution is 2.35. The number of methoxy groups -OCH3 is 1. The van der Waals surface area contributed by atoms with Gasteiger partial charge in [0.1, 0.15) is 11.4 Å². The van der Waals surface area contributed by atoms with Gasteiger partial charge in [0.15, 0.2) is 0 Å². The van der Waals surface area contributed by atoms with E-state index in [9.17, 15) is 4.79 Å². The van der Waals surface area contributed by atoms with E-state index in [2.05, 4.69) is 19.2 Å². The maximum Gasteiger partial charge on any atom is 0.256 e. The maximum absolute atomic E-state index is 12.7. The molecule has 0 spiro atoms. The number of anilines is 1. The summed E-state index contributed by atoms with van der Waals surface area (Å²) in [6, 6.07) is 7.54. The zero-order valence-corrected chi connectivity index (χ0v) is 14.7. The highest BCUT2D eigenvalue weighted by atomic mass is 16.5. The first-order valence-corrected chi connectivity index (χ1v) is 8.62. The van der Waals surface area contributed by atoms with E-state index in [4.69, 9.17) is 9.47 Å². The maximum atomic E-state index is 12.7. The van der Waals surface area contributed by atoms with Crippen molar-refractivity contribution in [2.45, 2.75) is 64.6 Å². The number of rotatable bonds is 6. The van der Waals surface area contributed by atoms with E-state index in [1.165, 1.54) is 0 Å². The van der Waals surface area contributed by atoms with Gasteiger partial charge in [-0.1, -0.05) is 13.8 Å². The summed E-state index contributed by atoms with van der Waals surface area (Å²) in [5, 5.41) is 2.99. The summed E-state index contributed by atoms with van der Waals surface area (Å²) in [4.78, 5) is 12.7. The fourth-order valence-corrected chi connectivity index (χ4v) is 2.93. The minimum atomic E-state index is -0.682. The van der Waals surface area contributed by atoms with Gasteiger partial charge in [-0.2, -0.15) is 0 Å². The van der Waals surface area contributed by atoms with E-state index >= 15 is 0 Å². The zero-order chi connectivity index (χ0) is 16.9. The molecule has 23 heavy (non-hydrogen) atoms. The lowest BCUT2D eigenvalue weighted by molar-refractivity contribution is -0.142. The van der Waals surface area contributed by atoms with E-state index in [-0.39, 0.29) is 12.0 Å². The average Bonchev–Trinajstić information content (AvgIpc) is 2.57. The number of amides is 1. The molecule has 1 atom stereocenters. The van der Waals surface area contributed by atoms with Crippen LogP contribution in [0.15, 0.2) is 24.3 Å². The van der Waals surface area contributed by atoms with Crippen LogP contribution in [0.1, 0.15) is 52.9 Å². The van der Waals surface area contributed by atoms with Crippen LogP contribution in [0.4, 0.5) is 5.69 Å². The Kier molecular flexibility index (Phi) is 6.05. The second kappa shape index (κ2) is 7.82. The summed E-state index contributed by atoms with van der Waals surface area (Å²) in [6.07, 6.45) is 4.78. The third kappa shape index (κ3) is 4.47. The first kappa shape index (κ1) is 17.8. The van der Waals surface area contributed by atoms with Gasteiger partial charge < -0.3 is 14.8 Å². The lowest BCUT2D eigenvalue weighted by Gasteiger charge is -2.36. The van der Waals surface area contributed by atoms with E-state index in [1.54, 1.807) is 7.11 Å². The summed E-state index contributed by atoms with van der Waals surface area (Å²) in [7, 11) is 1.64. The molecule has 1 amide bonds. The second-order valence-electron chi connectivity index (χ2n) is 6.70. The van der Waals surface area contributed by atoms with Gasteiger partial charge in [0, 0.05) is 12.8 Å². The summed E-state index contributed by atoms with van der Waals surface area (Å²) >= 11 is 0. The third-order valence-electron chi connectivity index (χ3n) is 4.91. The van der Waals surface area contributed by atoms with Crippen molar-refractivity contribution < 1.29 is 14.3 Å². The van der Waals surface area contributed by atoms with E-state index in [0.717, 1.165) is 43.5 Å². The Balaban J connectivity index is 1.99. The summed E-state index contributed by atoms with van der Waals surface area (Å²) in [5.74, 6) is 1.45. The Morgan fingerprint density at radius 2 is 1.91 bits per heavy atom. The Labute approximate surface area is 139 Å². The Bertz CT molecular complexity index is 504. The van der Waals surface area contributed by atoms with Crippen LogP contribution in [0, 0.1) is 5.92 Å². The van der Waals surface area contributed by atoms with Crippen molar-refractivity contribution in [2.24, 2.45) is 5.92 Å². The summed E-state index contributed by atoms with van der Waals surface area (Å²) in [6.45, 7) is 6.37. The van der Waals surface area contributed by atoms with Crippen LogP contribution in [-0.4, -0.2) is 24.7 Å². The molecule has 4 heteroatoms. The normalized spacial score (nSPS) is 25.7. The molecule has 0 saturated heterocycles. The quantitative estimate of drug-likeness (QED) is 0.845. The zero-order valence-electron chi connectivity index (χ0n) is 14.7. The minimum Gasteiger partial charge on any atom is -0.491 e. The average molecular weight is 319 g/mol. The SMILES string of the molecule is CC[C@H](C)Oc1ccc(NC(=O)C2(OC)CCC(C)CC2)cc1. The summed E-state index contributed by atoms with van der Waals surface area (Å²) in [5.41, 5.74) is 0.0971. The van der Waals surface area contributed by atoms with Gasteiger partial charge in [-0.25, -0.2) is 0 Å². The van der Waals surface area contributed by atoms with E-state index in [1.807, 2.05) is 31.2 Å². The standard InChI is InChI=1S/C19H29NO3/c1-5-15(3)23-17-8-6-16(7-9-17)20-18(21)19(22-4)12-10-14(2)11-13-19/h6-9,14-15H,5,10-13H2,1-4H3,(H,20,21)/t14?,15-,19?/m0/s1. The Hall–Kier alpha value is -1.55. The van der Waals surface area contributed by atoms with Gasteiger partial charge >= 0.3 is 0 Å². The van der Waals surface area contributed by atoms with Crippen LogP contribution in [0.25, 0.3) is 0 Å². The Morgan fingerprint density at radius 1 is 1.30 bits per heavy atom. The van der Waals surface area contributed by atoms with Crippen LogP contribution < -0.4 is 10.1 Å². The highest BCUT2D eigenvalue weighted by molar-refractivity contribution is 5.97. The molecule has 1 saturated carbocycles. The molecule has 128 valence electrons. The van der Waals surface area contributed by atoms with Gasteiger partial charge in [-0.15, -0.1) is 0 Å². The lowest BCUT2D eigenvalue weighted by Crippen LogP contribution is -2.47. The molecule has 1 aromatic rings. The van der Waals surface area contributed by atoms with Crippen molar-refractivity contribution >= 4 is 11.6 Å². The van der Waals surface area contributed by atoms with Crippen LogP contribution in [0.3, 0.4) is 0 Å². The predicted molar refractivity (Wildman–Crippen MR) is 92.8 cm³/mol. The minimum absolute atomic E-state index is 0.0394. The molecule has 0 bridgehead atoms. The molecule has 0 unspecified atom stereocenters. The molecule has 1 N–H and O–H groups in total. The molecular formula is C19H29NO3. The predicted octanol–water partition coefficient (Wildman–Crippen LogP) is 4.40. The number of hydrogen-bond donors (Lipinski definition) is 1. The van der Waals surface area contributed by atoms with Gasteiger partial charge in [-0.05, 0) is 69.2 Å². The molecule has 0 aromatic heterocycles. The molecule has 4 nitrogen and oxygen atoms in total. The molecule has 2 rings (SSSR count). The molecule has 1 fully saturated rings. The van der Waals surface area contributed by atoms with Crippen molar-refractivity contribution in [3.05, 3.63) is 24.3 Å². The second-order valence-corrected chi connectivity index (χ2v) is 6.70. The Morgan fingerprint density at radius 3 is 2.43 bits per heavy atom. The van der Waals surface area contributed by atoms with Crippen molar-refractivity contribution in [1.29, 1.82) is 0 Å². The number of carbonyl (C=O) groups is 1. The van der Waals surface area contributed by atoms with Gasteiger partial charge in [0.25, 0.3) is 5.91 Å². The monoisotopic (exact) mass is 319 g/mol. The van der Waals surface area contributed by atoms with Crippen molar-refractivity contribution in [3.8, 4) is 5.75 Å². The van der Waals surface area contributed by atoms with Crippen LogP contribution in [0.2, 0.25) is 0 Å². The smallest absolute Gasteiger partial charge is 0.256 e. The molecular weight excluding hydrogens is 290 g/mol. The number of benzene rings is 1. The fourth-order valence-electron chi connectivity index (χ4n) is 2.93. The van der Waals surface area contributed by atoms with E-state index in [0.29, 0.717) is 5.92 Å². The molecule has 1 aliphatic rings. The fraction of sp³-hybridized carbons (Fsp3) is 0.632. The van der Waals surface area contributed by atoms with Gasteiger partial charge in [-0.3, -0.25) is 4.79 Å². The number of nitrogens with one attached hydrogen (secondary N) is 1. The first-order valence-electron chi connectivity index (χ1n) is 8.62. The van der Waals surface area contributed by atoms with Crippen molar-refractivity contribution in [2.75, 3.05) is 12.4 Å². The molecule has 0 aliphatic heterocycles. The van der Waals surface area contributed by atoms with Crippen LogP contribution in [-0.2, 0) is 9.53 Å². The number of ether oxygens (including phenoxy) is 2. The molecule has 1 aliphatic carbocycles. The molecule has 0 radical (unpaired) electrons. The van der Waals surface area contributed by atoms with Gasteiger partial charge in [0.05, 0.1) is 6.10 Å². The summed E-state index contributed by atoms with van der Waals surface area (Å²) < 4.78 is 11.4. The van der Waals surface area contributed by atoms with Gasteiger partial charge in [0.2, 0.25) is 0 Å². The van der Waals surface area contributed by atoms with Crippen molar-refractivity contribution in [1.82, 2.24) is 0 Å². The number of hydrogen-bond acceptors (Lipinski definition) is 3. The highest BCUT2D eigenvalue weighted by Gasteiger charge is 2.41. The number of carbonyl (C=O) groups excluding carboxylic acids is 1. The lowest BCUT2D eigenvalue weighted by atomic mass is 9.79. The largest absolute Gasteiger partial charge is 0.491 e.